The van der Waals surface area contributed by atoms with Crippen LogP contribution in [-0.2, 0) is 14.8 Å². The summed E-state index contributed by atoms with van der Waals surface area (Å²) >= 11 is 11.6. The maximum atomic E-state index is 12.3. The summed E-state index contributed by atoms with van der Waals surface area (Å²) in [6.45, 7) is -0.506. The number of rotatable bonds is 6. The molecule has 0 atom stereocenters. The van der Waals surface area contributed by atoms with Gasteiger partial charge in [0.25, 0.3) is 10.0 Å². The van der Waals surface area contributed by atoms with Crippen molar-refractivity contribution in [1.82, 2.24) is 0 Å². The predicted molar refractivity (Wildman–Crippen MR) is 86.8 cm³/mol. The highest BCUT2D eigenvalue weighted by Crippen LogP contribution is 2.26. The molecule has 0 fully saturated rings. The maximum Gasteiger partial charge on any atom is 0.341 e. The Morgan fingerprint density at radius 3 is 2.30 bits per heavy atom. The average Bonchev–Trinajstić information content (AvgIpc) is 2.49. The van der Waals surface area contributed by atoms with Crippen LogP contribution in [0.1, 0.15) is 0 Å². The van der Waals surface area contributed by atoms with Gasteiger partial charge in [0.05, 0.1) is 20.6 Å². The number of aliphatic carboxylic acids is 1. The lowest BCUT2D eigenvalue weighted by molar-refractivity contribution is -0.139. The molecule has 0 saturated heterocycles. The highest BCUT2D eigenvalue weighted by Gasteiger charge is 2.15. The van der Waals surface area contributed by atoms with E-state index in [1.165, 1.54) is 42.5 Å². The monoisotopic (exact) mass is 375 g/mol. The van der Waals surface area contributed by atoms with Crippen molar-refractivity contribution in [2.45, 2.75) is 4.90 Å². The molecule has 0 saturated carbocycles. The zero-order chi connectivity index (χ0) is 17.0. The van der Waals surface area contributed by atoms with Crippen LogP contribution in [0.3, 0.4) is 0 Å². The van der Waals surface area contributed by atoms with Crippen LogP contribution in [0.4, 0.5) is 5.69 Å². The van der Waals surface area contributed by atoms with Crippen LogP contribution < -0.4 is 9.46 Å². The lowest BCUT2D eigenvalue weighted by atomic mass is 10.3. The molecule has 0 unspecified atom stereocenters. The van der Waals surface area contributed by atoms with Crippen LogP contribution >= 0.6 is 23.2 Å². The van der Waals surface area contributed by atoms with Crippen molar-refractivity contribution in [2.24, 2.45) is 0 Å². The van der Waals surface area contributed by atoms with Crippen molar-refractivity contribution in [1.29, 1.82) is 0 Å². The van der Waals surface area contributed by atoms with E-state index in [9.17, 15) is 13.2 Å². The molecule has 2 aromatic carbocycles. The second-order valence-corrected chi connectivity index (χ2v) is 6.89. The summed E-state index contributed by atoms with van der Waals surface area (Å²) in [5, 5.41) is 9.05. The quantitative estimate of drug-likeness (QED) is 0.807. The Bertz CT molecular complexity index is 822. The second-order valence-electron chi connectivity index (χ2n) is 4.39. The van der Waals surface area contributed by atoms with Gasteiger partial charge < -0.3 is 9.84 Å². The fourth-order valence-electron chi connectivity index (χ4n) is 1.63. The number of hydrogen-bond donors (Lipinski definition) is 2. The summed E-state index contributed by atoms with van der Waals surface area (Å²) < 4.78 is 31.8. The van der Waals surface area contributed by atoms with Gasteiger partial charge in [-0.05, 0) is 42.5 Å². The minimum atomic E-state index is -3.81. The number of ether oxygens (including phenoxy) is 1. The summed E-state index contributed by atoms with van der Waals surface area (Å²) in [4.78, 5) is 10.4. The van der Waals surface area contributed by atoms with Gasteiger partial charge in [0, 0.05) is 0 Å². The number of sulfonamides is 1. The summed E-state index contributed by atoms with van der Waals surface area (Å²) in [6, 6.07) is 9.69. The van der Waals surface area contributed by atoms with Gasteiger partial charge in [0.1, 0.15) is 5.75 Å². The summed E-state index contributed by atoms with van der Waals surface area (Å²) in [6.07, 6.45) is 0. The largest absolute Gasteiger partial charge is 0.482 e. The van der Waals surface area contributed by atoms with E-state index in [1.807, 2.05) is 0 Å². The molecule has 9 heteroatoms. The molecule has 0 spiro atoms. The summed E-state index contributed by atoms with van der Waals surface area (Å²) in [5.74, 6) is -0.871. The number of nitrogens with one attached hydrogen (secondary N) is 1. The first-order valence-corrected chi connectivity index (χ1v) is 8.44. The van der Waals surface area contributed by atoms with Crippen LogP contribution in [0, 0.1) is 0 Å². The van der Waals surface area contributed by atoms with Crippen molar-refractivity contribution in [3.8, 4) is 5.75 Å². The number of hydrogen-bond acceptors (Lipinski definition) is 4. The zero-order valence-corrected chi connectivity index (χ0v) is 13.8. The molecule has 0 aliphatic heterocycles. The predicted octanol–water partition coefficient (Wildman–Crippen LogP) is 3.26. The van der Waals surface area contributed by atoms with E-state index in [0.29, 0.717) is 5.02 Å². The van der Waals surface area contributed by atoms with E-state index in [0.717, 1.165) is 0 Å². The normalized spacial score (nSPS) is 11.0. The van der Waals surface area contributed by atoms with Crippen molar-refractivity contribution in [3.63, 3.8) is 0 Å². The Morgan fingerprint density at radius 1 is 1.09 bits per heavy atom. The maximum absolute atomic E-state index is 12.3. The second kappa shape index (κ2) is 7.08. The first-order chi connectivity index (χ1) is 10.8. The highest BCUT2D eigenvalue weighted by atomic mass is 35.5. The van der Waals surface area contributed by atoms with E-state index in [1.54, 1.807) is 0 Å². The number of carbonyl (C=O) groups is 1. The van der Waals surface area contributed by atoms with E-state index in [-0.39, 0.29) is 21.4 Å². The Labute approximate surface area is 142 Å². The SMILES string of the molecule is O=C(O)COc1ccc(S(=O)(=O)Nc2ccc(Cl)c(Cl)c2)cc1. The number of halogens is 2. The molecular weight excluding hydrogens is 365 g/mol. The smallest absolute Gasteiger partial charge is 0.341 e. The molecule has 0 amide bonds. The van der Waals surface area contributed by atoms with Crippen molar-refractivity contribution in [2.75, 3.05) is 11.3 Å². The molecule has 0 aliphatic rings. The third-order valence-corrected chi connectivity index (χ3v) is 4.80. The minimum Gasteiger partial charge on any atom is -0.482 e. The number of carboxylic acids is 1. The Morgan fingerprint density at radius 2 is 1.74 bits per heavy atom. The van der Waals surface area contributed by atoms with Gasteiger partial charge in [0.15, 0.2) is 6.61 Å². The lowest BCUT2D eigenvalue weighted by Gasteiger charge is -2.10. The van der Waals surface area contributed by atoms with Crippen LogP contribution in [0.25, 0.3) is 0 Å². The molecule has 0 bridgehead atoms. The van der Waals surface area contributed by atoms with Crippen LogP contribution in [0.5, 0.6) is 5.75 Å². The Hall–Kier alpha value is -1.96. The number of benzene rings is 2. The molecular formula is C14H11Cl2NO5S. The molecule has 122 valence electrons. The molecule has 23 heavy (non-hydrogen) atoms. The molecule has 0 heterocycles. The van der Waals surface area contributed by atoms with Gasteiger partial charge in [-0.2, -0.15) is 0 Å². The average molecular weight is 376 g/mol. The summed E-state index contributed by atoms with van der Waals surface area (Å²) in [7, 11) is -3.81. The molecule has 0 radical (unpaired) electrons. The first-order valence-electron chi connectivity index (χ1n) is 6.20. The van der Waals surface area contributed by atoms with Crippen LogP contribution in [0.2, 0.25) is 10.0 Å². The third kappa shape index (κ3) is 4.75. The van der Waals surface area contributed by atoms with E-state index in [2.05, 4.69) is 4.72 Å². The lowest BCUT2D eigenvalue weighted by Crippen LogP contribution is -2.13. The molecule has 2 aromatic rings. The first kappa shape index (κ1) is 17.4. The molecule has 2 rings (SSSR count). The van der Waals surface area contributed by atoms with Crippen LogP contribution in [-0.4, -0.2) is 26.1 Å². The topological polar surface area (TPSA) is 92.7 Å². The fraction of sp³-hybridized carbons (Fsp3) is 0.0714. The van der Waals surface area contributed by atoms with E-state index >= 15 is 0 Å². The fourth-order valence-corrected chi connectivity index (χ4v) is 2.98. The van der Waals surface area contributed by atoms with Gasteiger partial charge >= 0.3 is 5.97 Å². The summed E-state index contributed by atoms with van der Waals surface area (Å²) in [5.41, 5.74) is 0.269. The van der Waals surface area contributed by atoms with E-state index < -0.39 is 22.6 Å². The molecule has 6 nitrogen and oxygen atoms in total. The van der Waals surface area contributed by atoms with Crippen molar-refractivity contribution in [3.05, 3.63) is 52.5 Å². The van der Waals surface area contributed by atoms with Gasteiger partial charge in [-0.3, -0.25) is 4.72 Å². The number of carboxylic acid groups (broad SMARTS) is 1. The van der Waals surface area contributed by atoms with Gasteiger partial charge in [-0.25, -0.2) is 13.2 Å². The van der Waals surface area contributed by atoms with Crippen LogP contribution in [0.15, 0.2) is 47.4 Å². The van der Waals surface area contributed by atoms with Crippen molar-refractivity contribution >= 4 is 44.9 Å². The Balaban J connectivity index is 2.15. The molecule has 0 aromatic heterocycles. The zero-order valence-electron chi connectivity index (χ0n) is 11.5. The minimum absolute atomic E-state index is 0.00810. The molecule has 0 aliphatic carbocycles. The third-order valence-electron chi connectivity index (χ3n) is 2.67. The van der Waals surface area contributed by atoms with Gasteiger partial charge in [0.2, 0.25) is 0 Å². The standard InChI is InChI=1S/C14H11Cl2NO5S/c15-12-6-1-9(7-13(12)16)17-23(20,21)11-4-2-10(3-5-11)22-8-14(18)19/h1-7,17H,8H2,(H,18,19). The van der Waals surface area contributed by atoms with Crippen molar-refractivity contribution < 1.29 is 23.1 Å². The highest BCUT2D eigenvalue weighted by molar-refractivity contribution is 7.92. The van der Waals surface area contributed by atoms with Gasteiger partial charge in [-0.1, -0.05) is 23.2 Å². The molecule has 2 N–H and O–H groups in total. The van der Waals surface area contributed by atoms with Gasteiger partial charge in [-0.15, -0.1) is 0 Å². The Kier molecular flexibility index (Phi) is 5.35. The number of anilines is 1. The van der Waals surface area contributed by atoms with E-state index in [4.69, 9.17) is 33.0 Å².